The van der Waals surface area contributed by atoms with Crippen molar-refractivity contribution in [1.82, 2.24) is 10.3 Å². The van der Waals surface area contributed by atoms with E-state index in [2.05, 4.69) is 17.2 Å². The normalized spacial score (nSPS) is 16.9. The smallest absolute Gasteiger partial charge is 0.328 e. The Labute approximate surface area is 186 Å². The molecule has 0 spiro atoms. The van der Waals surface area contributed by atoms with Gasteiger partial charge in [0.2, 0.25) is 11.8 Å². The number of rotatable bonds is 7. The Balaban J connectivity index is 1.46. The van der Waals surface area contributed by atoms with E-state index in [0.717, 1.165) is 28.6 Å². The molecule has 166 valence electrons. The summed E-state index contributed by atoms with van der Waals surface area (Å²) in [5, 5.41) is 3.81. The summed E-state index contributed by atoms with van der Waals surface area (Å²) in [6, 6.07) is 14.7. The van der Waals surface area contributed by atoms with E-state index >= 15 is 0 Å². The number of ether oxygens (including phenoxy) is 1. The molecule has 7 heteroatoms. The molecule has 7 nitrogen and oxygen atoms in total. The third kappa shape index (κ3) is 4.37. The first kappa shape index (κ1) is 21.6. The Kier molecular flexibility index (Phi) is 6.25. The van der Waals surface area contributed by atoms with Crippen molar-refractivity contribution < 1.29 is 19.1 Å². The number of aryl methyl sites for hydroxylation is 1. The first-order chi connectivity index (χ1) is 15.5. The van der Waals surface area contributed by atoms with Gasteiger partial charge in [-0.25, -0.2) is 4.79 Å². The maximum atomic E-state index is 13.0. The number of esters is 1. The number of hydrogen-bond acceptors (Lipinski definition) is 4. The molecule has 1 aliphatic heterocycles. The fourth-order valence-corrected chi connectivity index (χ4v) is 4.19. The molecule has 0 radical (unpaired) electrons. The van der Waals surface area contributed by atoms with Gasteiger partial charge >= 0.3 is 5.97 Å². The lowest BCUT2D eigenvalue weighted by molar-refractivity contribution is -0.145. The number of aromatic nitrogens is 1. The van der Waals surface area contributed by atoms with E-state index in [1.54, 1.807) is 4.90 Å². The number of carbonyl (C=O) groups is 3. The number of H-pyrrole nitrogens is 1. The number of methoxy groups -OCH3 is 1. The van der Waals surface area contributed by atoms with Crippen molar-refractivity contribution in [3.63, 3.8) is 0 Å². The van der Waals surface area contributed by atoms with Crippen LogP contribution in [0.15, 0.2) is 54.7 Å². The van der Waals surface area contributed by atoms with E-state index in [0.29, 0.717) is 6.42 Å². The predicted octanol–water partition coefficient (Wildman–Crippen LogP) is 2.98. The molecular formula is C25H27N3O4. The van der Waals surface area contributed by atoms with Crippen LogP contribution in [-0.4, -0.2) is 42.5 Å². The summed E-state index contributed by atoms with van der Waals surface area (Å²) in [6.07, 6.45) is 3.17. The van der Waals surface area contributed by atoms with Crippen LogP contribution < -0.4 is 10.2 Å². The van der Waals surface area contributed by atoms with Gasteiger partial charge in [-0.2, -0.15) is 0 Å². The Hall–Kier alpha value is -3.61. The zero-order chi connectivity index (χ0) is 22.7. The van der Waals surface area contributed by atoms with Crippen LogP contribution in [0.4, 0.5) is 5.69 Å². The molecule has 2 atom stereocenters. The molecular weight excluding hydrogens is 406 g/mol. The number of fused-ring (bicyclic) bond motifs is 1. The van der Waals surface area contributed by atoms with Crippen molar-refractivity contribution in [2.75, 3.05) is 18.6 Å². The van der Waals surface area contributed by atoms with Crippen LogP contribution in [0.25, 0.3) is 10.9 Å². The SMILES string of the molecule is CCc1ccc(N2CC(C(=O)NC(Cc3c[nH]c4ccccc34)C(=O)OC)CC2=O)cc1. The maximum Gasteiger partial charge on any atom is 0.328 e. The van der Waals surface area contributed by atoms with Crippen LogP contribution >= 0.6 is 0 Å². The van der Waals surface area contributed by atoms with Gasteiger partial charge in [-0.05, 0) is 35.7 Å². The lowest BCUT2D eigenvalue weighted by Gasteiger charge is -2.20. The van der Waals surface area contributed by atoms with Gasteiger partial charge in [0.15, 0.2) is 0 Å². The molecule has 2 N–H and O–H groups in total. The highest BCUT2D eigenvalue weighted by Gasteiger charge is 2.37. The number of nitrogens with one attached hydrogen (secondary N) is 2. The maximum absolute atomic E-state index is 13.0. The number of anilines is 1. The Morgan fingerprint density at radius 3 is 2.66 bits per heavy atom. The minimum Gasteiger partial charge on any atom is -0.467 e. The van der Waals surface area contributed by atoms with Crippen molar-refractivity contribution >= 4 is 34.4 Å². The summed E-state index contributed by atoms with van der Waals surface area (Å²) in [5.41, 5.74) is 3.85. The van der Waals surface area contributed by atoms with Crippen LogP contribution in [0.3, 0.4) is 0 Å². The summed E-state index contributed by atoms with van der Waals surface area (Å²) >= 11 is 0. The molecule has 1 fully saturated rings. The average Bonchev–Trinajstić information content (AvgIpc) is 3.41. The number of benzene rings is 2. The van der Waals surface area contributed by atoms with Crippen LogP contribution in [0.5, 0.6) is 0 Å². The molecule has 2 aromatic carbocycles. The highest BCUT2D eigenvalue weighted by molar-refractivity contribution is 6.01. The summed E-state index contributed by atoms with van der Waals surface area (Å²) in [7, 11) is 1.30. The lowest BCUT2D eigenvalue weighted by Crippen LogP contribution is -2.46. The summed E-state index contributed by atoms with van der Waals surface area (Å²) in [5.74, 6) is -1.45. The molecule has 1 aliphatic rings. The van der Waals surface area contributed by atoms with Gasteiger partial charge < -0.3 is 19.9 Å². The number of carbonyl (C=O) groups excluding carboxylic acids is 3. The van der Waals surface area contributed by atoms with Gasteiger partial charge in [0.05, 0.1) is 13.0 Å². The van der Waals surface area contributed by atoms with E-state index in [1.807, 2.05) is 54.7 Å². The van der Waals surface area contributed by atoms with Crippen molar-refractivity contribution in [3.05, 3.63) is 65.9 Å². The summed E-state index contributed by atoms with van der Waals surface area (Å²) in [4.78, 5) is 42.8. The van der Waals surface area contributed by atoms with Gasteiger partial charge in [0, 0.05) is 42.2 Å². The summed E-state index contributed by atoms with van der Waals surface area (Å²) in [6.45, 7) is 2.36. The van der Waals surface area contributed by atoms with Gasteiger partial charge in [-0.3, -0.25) is 9.59 Å². The topological polar surface area (TPSA) is 91.5 Å². The molecule has 4 rings (SSSR count). The molecule has 2 amide bonds. The van der Waals surface area contributed by atoms with E-state index in [1.165, 1.54) is 12.7 Å². The minimum absolute atomic E-state index is 0.0966. The largest absolute Gasteiger partial charge is 0.467 e. The van der Waals surface area contributed by atoms with Crippen molar-refractivity contribution in [3.8, 4) is 0 Å². The van der Waals surface area contributed by atoms with Crippen LogP contribution in [0.1, 0.15) is 24.5 Å². The monoisotopic (exact) mass is 433 g/mol. The van der Waals surface area contributed by atoms with E-state index in [4.69, 9.17) is 4.74 Å². The molecule has 1 saturated heterocycles. The molecule has 1 aromatic heterocycles. The number of amides is 2. The zero-order valence-electron chi connectivity index (χ0n) is 18.3. The van der Waals surface area contributed by atoms with E-state index in [9.17, 15) is 14.4 Å². The summed E-state index contributed by atoms with van der Waals surface area (Å²) < 4.78 is 4.93. The standard InChI is InChI=1S/C25H27N3O4/c1-3-16-8-10-19(11-9-16)28-15-18(13-23(28)29)24(30)27-22(25(31)32-2)12-17-14-26-21-7-5-4-6-20(17)21/h4-11,14,18,22,26H,3,12-13,15H2,1-2H3,(H,27,30). The number of aromatic amines is 1. The molecule has 2 heterocycles. The molecule has 3 aromatic rings. The Morgan fingerprint density at radius 1 is 1.19 bits per heavy atom. The molecule has 2 unspecified atom stereocenters. The number of hydrogen-bond donors (Lipinski definition) is 2. The van der Waals surface area contributed by atoms with Gasteiger partial charge in [0.25, 0.3) is 0 Å². The number of para-hydroxylation sites is 1. The highest BCUT2D eigenvalue weighted by atomic mass is 16.5. The third-order valence-corrected chi connectivity index (χ3v) is 6.05. The third-order valence-electron chi connectivity index (χ3n) is 6.05. The Bertz CT molecular complexity index is 1140. The predicted molar refractivity (Wildman–Crippen MR) is 122 cm³/mol. The van der Waals surface area contributed by atoms with Crippen LogP contribution in [-0.2, 0) is 32.0 Å². The van der Waals surface area contributed by atoms with Gasteiger partial charge in [0.1, 0.15) is 6.04 Å². The Morgan fingerprint density at radius 2 is 1.94 bits per heavy atom. The van der Waals surface area contributed by atoms with Gasteiger partial charge in [-0.1, -0.05) is 37.3 Å². The second-order valence-electron chi connectivity index (χ2n) is 8.07. The zero-order valence-corrected chi connectivity index (χ0v) is 18.3. The quantitative estimate of drug-likeness (QED) is 0.561. The van der Waals surface area contributed by atoms with Crippen LogP contribution in [0.2, 0.25) is 0 Å². The fourth-order valence-electron chi connectivity index (χ4n) is 4.19. The molecule has 32 heavy (non-hydrogen) atoms. The van der Waals surface area contributed by atoms with Gasteiger partial charge in [-0.15, -0.1) is 0 Å². The highest BCUT2D eigenvalue weighted by Crippen LogP contribution is 2.26. The lowest BCUT2D eigenvalue weighted by atomic mass is 10.0. The fraction of sp³-hybridized carbons (Fsp3) is 0.320. The first-order valence-electron chi connectivity index (χ1n) is 10.8. The second-order valence-corrected chi connectivity index (χ2v) is 8.07. The minimum atomic E-state index is -0.834. The van der Waals surface area contributed by atoms with Crippen molar-refractivity contribution in [2.24, 2.45) is 5.92 Å². The van der Waals surface area contributed by atoms with E-state index in [-0.39, 0.29) is 24.8 Å². The second kappa shape index (κ2) is 9.26. The van der Waals surface area contributed by atoms with E-state index < -0.39 is 17.9 Å². The molecule has 0 aliphatic carbocycles. The molecule has 0 saturated carbocycles. The van der Waals surface area contributed by atoms with Crippen molar-refractivity contribution in [1.29, 1.82) is 0 Å². The number of nitrogens with zero attached hydrogens (tertiary/aromatic N) is 1. The first-order valence-corrected chi connectivity index (χ1v) is 10.8. The average molecular weight is 434 g/mol. The molecule has 0 bridgehead atoms. The van der Waals surface area contributed by atoms with Crippen molar-refractivity contribution in [2.45, 2.75) is 32.2 Å². The van der Waals surface area contributed by atoms with Crippen LogP contribution in [0, 0.1) is 5.92 Å².